The molecule has 0 aromatic carbocycles. The van der Waals surface area contributed by atoms with E-state index in [1.165, 1.54) is 12.1 Å². The van der Waals surface area contributed by atoms with Crippen LogP contribution in [0.25, 0.3) is 0 Å². The highest BCUT2D eigenvalue weighted by molar-refractivity contribution is 7.73. The molecule has 0 saturated carbocycles. The summed E-state index contributed by atoms with van der Waals surface area (Å²) in [6.45, 7) is 6.77. The maximum absolute atomic E-state index is 3.50. The first-order valence-corrected chi connectivity index (χ1v) is 6.04. The molecule has 0 radical (unpaired) electrons. The van der Waals surface area contributed by atoms with Crippen LogP contribution in [0.15, 0.2) is 0 Å². The molecule has 0 saturated heterocycles. The number of nitrogens with one attached hydrogen (secondary N) is 1. The Kier molecular flexibility index (Phi) is 1.52. The van der Waals surface area contributed by atoms with Crippen LogP contribution < -0.4 is 5.09 Å². The fourth-order valence-corrected chi connectivity index (χ4v) is 3.59. The molecule has 0 amide bonds. The van der Waals surface area contributed by atoms with Crippen molar-refractivity contribution in [2.24, 2.45) is 0 Å². The first-order chi connectivity index (χ1) is 4.01. The van der Waals surface area contributed by atoms with Gasteiger partial charge >= 0.3 is 0 Å². The molecule has 1 heterocycles. The Morgan fingerprint density at radius 1 is 1.56 bits per heavy atom. The van der Waals surface area contributed by atoms with E-state index in [1.54, 1.807) is 0 Å². The molecule has 0 atom stereocenters. The molecule has 1 N–H and O–H groups in total. The van der Waals surface area contributed by atoms with Gasteiger partial charge in [0.05, 0.1) is 20.4 Å². The van der Waals surface area contributed by atoms with Gasteiger partial charge in [-0.1, -0.05) is 0 Å². The van der Waals surface area contributed by atoms with Gasteiger partial charge in [0.2, 0.25) is 13.7 Å². The summed E-state index contributed by atoms with van der Waals surface area (Å²) in [7, 11) is 1.37. The Bertz CT molecular complexity index is 144. The van der Waals surface area contributed by atoms with Gasteiger partial charge in [-0.05, 0) is 0 Å². The maximum atomic E-state index is 3.50. The van der Waals surface area contributed by atoms with Gasteiger partial charge in [0.1, 0.15) is 0 Å². The Morgan fingerprint density at radius 3 is 2.22 bits per heavy atom. The molecule has 0 bridgehead atoms. The highest BCUT2D eigenvalue weighted by Gasteiger charge is 2.40. The molecule has 1 rings (SSSR count). The predicted molar refractivity (Wildman–Crippen MR) is 43.6 cm³/mol. The lowest BCUT2D eigenvalue weighted by Crippen LogP contribution is -2.15. The van der Waals surface area contributed by atoms with E-state index in [0.29, 0.717) is 0 Å². The fourth-order valence-electron chi connectivity index (χ4n) is 1.20. The molecule has 52 valence electrons. The van der Waals surface area contributed by atoms with E-state index in [9.17, 15) is 0 Å². The zero-order chi connectivity index (χ0) is 7.07. The number of hydrogen-bond acceptors (Lipinski definition) is 1. The molecule has 0 spiro atoms. The Labute approximate surface area is 57.4 Å². The van der Waals surface area contributed by atoms with Crippen molar-refractivity contribution in [1.29, 1.82) is 0 Å². The van der Waals surface area contributed by atoms with E-state index in [-0.39, 0.29) is 0 Å². The molecule has 0 unspecified atom stereocenters. The Hall–Kier alpha value is -0.100. The second-order valence-electron chi connectivity index (χ2n) is 3.22. The van der Waals surface area contributed by atoms with Crippen LogP contribution in [-0.2, 0) is 0 Å². The number of hydrogen-bond donors (Lipinski definition) is 1. The van der Waals surface area contributed by atoms with Gasteiger partial charge in [-0.3, -0.25) is 0 Å². The van der Waals surface area contributed by atoms with Gasteiger partial charge in [-0.15, -0.1) is 5.09 Å². The van der Waals surface area contributed by atoms with Crippen molar-refractivity contribution in [1.82, 2.24) is 5.09 Å². The van der Waals surface area contributed by atoms with Crippen molar-refractivity contribution in [2.75, 3.05) is 26.7 Å². The van der Waals surface area contributed by atoms with Crippen molar-refractivity contribution in [3.63, 3.8) is 0 Å². The van der Waals surface area contributed by atoms with Gasteiger partial charge in [-0.25, -0.2) is 4.58 Å². The average Bonchev–Trinajstić information content (AvgIpc) is 1.79. The van der Waals surface area contributed by atoms with Crippen LogP contribution >= 0.6 is 7.41 Å². The smallest absolute Gasteiger partial charge is 0.230 e. The number of amidine groups is 1. The van der Waals surface area contributed by atoms with Crippen molar-refractivity contribution in [2.45, 2.75) is 6.92 Å². The van der Waals surface area contributed by atoms with Crippen LogP contribution in [0.2, 0.25) is 0 Å². The van der Waals surface area contributed by atoms with Crippen LogP contribution in [0.1, 0.15) is 6.92 Å². The van der Waals surface area contributed by atoms with E-state index >= 15 is 0 Å². The molecule has 0 aromatic rings. The molecular formula is C6H15N2P+2. The van der Waals surface area contributed by atoms with Crippen molar-refractivity contribution < 1.29 is 4.58 Å². The predicted octanol–water partition coefficient (Wildman–Crippen LogP) is 0.800. The molecule has 9 heavy (non-hydrogen) atoms. The third-order valence-corrected chi connectivity index (χ3v) is 3.66. The monoisotopic (exact) mass is 146 g/mol. The minimum Gasteiger partial charge on any atom is -0.230 e. The molecule has 0 aliphatic carbocycles. The van der Waals surface area contributed by atoms with Gasteiger partial charge in [0.15, 0.2) is 0 Å². The third kappa shape index (κ3) is 1.42. The van der Waals surface area contributed by atoms with Crippen molar-refractivity contribution in [3.05, 3.63) is 0 Å². The van der Waals surface area contributed by atoms with Crippen molar-refractivity contribution in [3.8, 4) is 0 Å². The lowest BCUT2D eigenvalue weighted by Gasteiger charge is -2.01. The zero-order valence-corrected chi connectivity index (χ0v) is 7.50. The first kappa shape index (κ1) is 7.01. The van der Waals surface area contributed by atoms with E-state index in [2.05, 4.69) is 37.0 Å². The summed E-state index contributed by atoms with van der Waals surface area (Å²) in [5.74, 6) is 1.33. The normalized spacial score (nSPS) is 24.4. The van der Waals surface area contributed by atoms with Crippen LogP contribution in [0.3, 0.4) is 0 Å². The molecule has 1 aliphatic heterocycles. The van der Waals surface area contributed by atoms with E-state index in [1.807, 2.05) is 0 Å². The summed E-state index contributed by atoms with van der Waals surface area (Å²) < 4.78 is 2.29. The minimum absolute atomic E-state index is 0.767. The second kappa shape index (κ2) is 1.95. The Morgan fingerprint density at radius 2 is 2.11 bits per heavy atom. The SMILES string of the molecule is CC1=[N+](C)C[P+](C)(C)N1. The van der Waals surface area contributed by atoms with Crippen LogP contribution in [-0.4, -0.2) is 37.1 Å². The molecular weight excluding hydrogens is 131 g/mol. The molecule has 0 aromatic heterocycles. The van der Waals surface area contributed by atoms with Gasteiger partial charge < -0.3 is 0 Å². The van der Waals surface area contributed by atoms with E-state index in [0.717, 1.165) is 0 Å². The third-order valence-electron chi connectivity index (χ3n) is 1.60. The zero-order valence-electron chi connectivity index (χ0n) is 6.60. The first-order valence-electron chi connectivity index (χ1n) is 3.17. The lowest BCUT2D eigenvalue weighted by atomic mass is 10.7. The van der Waals surface area contributed by atoms with Gasteiger partial charge in [-0.2, -0.15) is 0 Å². The average molecular weight is 146 g/mol. The number of nitrogens with zero attached hydrogens (tertiary/aromatic N) is 1. The van der Waals surface area contributed by atoms with E-state index < -0.39 is 7.41 Å². The highest BCUT2D eigenvalue weighted by atomic mass is 31.2. The maximum Gasteiger partial charge on any atom is 0.279 e. The van der Waals surface area contributed by atoms with E-state index in [4.69, 9.17) is 0 Å². The second-order valence-corrected chi connectivity index (χ2v) is 7.10. The minimum atomic E-state index is -0.767. The van der Waals surface area contributed by atoms with Crippen LogP contribution in [0, 0.1) is 0 Å². The van der Waals surface area contributed by atoms with Crippen molar-refractivity contribution >= 4 is 13.2 Å². The van der Waals surface area contributed by atoms with Gasteiger partial charge in [0, 0.05) is 6.92 Å². The topological polar surface area (TPSA) is 15.0 Å². The quantitative estimate of drug-likeness (QED) is 0.394. The summed E-state index contributed by atoms with van der Waals surface area (Å²) in [4.78, 5) is 0. The number of rotatable bonds is 0. The molecule has 3 heteroatoms. The molecule has 1 aliphatic rings. The summed E-state index contributed by atoms with van der Waals surface area (Å²) in [5.41, 5.74) is 0. The summed E-state index contributed by atoms with van der Waals surface area (Å²) >= 11 is 0. The lowest BCUT2D eigenvalue weighted by molar-refractivity contribution is -0.474. The largest absolute Gasteiger partial charge is 0.279 e. The standard InChI is InChI=1S/C6H14N2P/c1-6-7-9(3,4)5-8(6)2/h5H2,1-4H3/q+1/p+1. The summed E-state index contributed by atoms with van der Waals surface area (Å²) in [6, 6.07) is 0. The van der Waals surface area contributed by atoms with Gasteiger partial charge in [0.25, 0.3) is 5.84 Å². The summed E-state index contributed by atoms with van der Waals surface area (Å²) in [5, 5.41) is 3.50. The molecule has 2 nitrogen and oxygen atoms in total. The highest BCUT2D eigenvalue weighted by Crippen LogP contribution is 2.48. The summed E-state index contributed by atoms with van der Waals surface area (Å²) in [6.07, 6.45) is 1.22. The Balaban J connectivity index is 2.70. The van der Waals surface area contributed by atoms with Crippen LogP contribution in [0.5, 0.6) is 0 Å². The van der Waals surface area contributed by atoms with Crippen LogP contribution in [0.4, 0.5) is 0 Å². The fraction of sp³-hybridized carbons (Fsp3) is 0.833. The molecule has 0 fully saturated rings.